The van der Waals surface area contributed by atoms with Crippen LogP contribution in [0.5, 0.6) is 0 Å². The molecule has 0 amide bonds. The molecule has 0 radical (unpaired) electrons. The van der Waals surface area contributed by atoms with E-state index < -0.39 is 0 Å². The van der Waals surface area contributed by atoms with Crippen molar-refractivity contribution in [1.29, 1.82) is 0 Å². The summed E-state index contributed by atoms with van der Waals surface area (Å²) in [6, 6.07) is 8.97. The Morgan fingerprint density at radius 1 is 1.06 bits per heavy atom. The van der Waals surface area contributed by atoms with Crippen molar-refractivity contribution in [3.8, 4) is 0 Å². The summed E-state index contributed by atoms with van der Waals surface area (Å²) in [7, 11) is 0. The van der Waals surface area contributed by atoms with E-state index in [1.54, 1.807) is 0 Å². The minimum absolute atomic E-state index is 0.672. The zero-order valence-corrected chi connectivity index (χ0v) is 10.8. The lowest BCUT2D eigenvalue weighted by Gasteiger charge is -2.09. The Morgan fingerprint density at radius 3 is 2.31 bits per heavy atom. The Bertz CT molecular complexity index is 276. The van der Waals surface area contributed by atoms with Gasteiger partial charge in [0.2, 0.25) is 0 Å². The molecule has 1 atom stereocenters. The lowest BCUT2D eigenvalue weighted by molar-refractivity contribution is 0.138. The number of hydrogen-bond acceptors (Lipinski definition) is 1. The quantitative estimate of drug-likeness (QED) is 0.627. The molecule has 1 aromatic carbocycles. The molecule has 0 N–H and O–H groups in total. The molecule has 1 nitrogen and oxygen atoms in total. The number of hydrogen-bond donors (Lipinski definition) is 0. The van der Waals surface area contributed by atoms with Crippen LogP contribution >= 0.6 is 0 Å². The van der Waals surface area contributed by atoms with Crippen LogP contribution in [0.25, 0.3) is 0 Å². The molecule has 0 fully saturated rings. The lowest BCUT2D eigenvalue weighted by Crippen LogP contribution is -2.00. The summed E-state index contributed by atoms with van der Waals surface area (Å²) in [4.78, 5) is 0. The molecule has 0 aromatic heterocycles. The first-order valence-corrected chi connectivity index (χ1v) is 6.44. The molecule has 1 aromatic rings. The minimum atomic E-state index is 0.672. The highest BCUT2D eigenvalue weighted by atomic mass is 16.5. The maximum Gasteiger partial charge on any atom is 0.0506 e. The molecule has 90 valence electrons. The van der Waals surface area contributed by atoms with Gasteiger partial charge < -0.3 is 4.74 Å². The first-order chi connectivity index (χ1) is 7.77. The molecule has 1 heteroatoms. The van der Waals surface area contributed by atoms with E-state index >= 15 is 0 Å². The first kappa shape index (κ1) is 13.2. The van der Waals surface area contributed by atoms with Gasteiger partial charge >= 0.3 is 0 Å². The molecule has 0 heterocycles. The van der Waals surface area contributed by atoms with Crippen LogP contribution in [-0.2, 0) is 11.2 Å². The summed E-state index contributed by atoms with van der Waals surface area (Å²) in [6.45, 7) is 8.37. The Balaban J connectivity index is 2.39. The second-order valence-corrected chi connectivity index (χ2v) is 4.41. The van der Waals surface area contributed by atoms with Crippen molar-refractivity contribution in [2.45, 2.75) is 46.0 Å². The smallest absolute Gasteiger partial charge is 0.0506 e. The average Bonchev–Trinajstić information content (AvgIpc) is 2.34. The summed E-state index contributed by atoms with van der Waals surface area (Å²) in [5.74, 6) is 0.672. The number of ether oxygens (including phenoxy) is 1. The van der Waals surface area contributed by atoms with Crippen LogP contribution in [0.1, 0.15) is 50.7 Å². The van der Waals surface area contributed by atoms with Gasteiger partial charge in [0.05, 0.1) is 6.61 Å². The van der Waals surface area contributed by atoms with Gasteiger partial charge in [0.1, 0.15) is 0 Å². The van der Waals surface area contributed by atoms with Crippen molar-refractivity contribution in [2.24, 2.45) is 0 Å². The molecule has 0 aliphatic heterocycles. The minimum Gasteiger partial charge on any atom is -0.381 e. The summed E-state index contributed by atoms with van der Waals surface area (Å²) < 4.78 is 5.49. The van der Waals surface area contributed by atoms with Crippen LogP contribution in [0.2, 0.25) is 0 Å². The fourth-order valence-corrected chi connectivity index (χ4v) is 1.68. The van der Waals surface area contributed by atoms with E-state index in [1.807, 2.05) is 0 Å². The van der Waals surface area contributed by atoms with Gasteiger partial charge in [-0.2, -0.15) is 0 Å². The monoisotopic (exact) mass is 220 g/mol. The third kappa shape index (κ3) is 4.36. The van der Waals surface area contributed by atoms with Gasteiger partial charge in [0, 0.05) is 6.61 Å². The number of benzene rings is 1. The van der Waals surface area contributed by atoms with Gasteiger partial charge in [-0.1, -0.05) is 45.0 Å². The van der Waals surface area contributed by atoms with E-state index in [1.165, 1.54) is 17.5 Å². The molecule has 0 aliphatic carbocycles. The Kier molecular flexibility index (Phi) is 6.17. The van der Waals surface area contributed by atoms with Crippen LogP contribution in [0, 0.1) is 0 Å². The van der Waals surface area contributed by atoms with Gasteiger partial charge in [-0.3, -0.25) is 0 Å². The SMILES string of the molecule is CCCOCCc1ccc(C(C)CC)cc1. The molecule has 0 saturated carbocycles. The van der Waals surface area contributed by atoms with E-state index in [0.29, 0.717) is 5.92 Å². The van der Waals surface area contributed by atoms with Gasteiger partial charge in [0.15, 0.2) is 0 Å². The van der Waals surface area contributed by atoms with Crippen LogP contribution < -0.4 is 0 Å². The summed E-state index contributed by atoms with van der Waals surface area (Å²) in [6.07, 6.45) is 3.34. The molecule has 1 rings (SSSR count). The Labute approximate surface area is 99.8 Å². The van der Waals surface area contributed by atoms with Crippen molar-refractivity contribution in [3.63, 3.8) is 0 Å². The third-order valence-electron chi connectivity index (χ3n) is 3.04. The van der Waals surface area contributed by atoms with E-state index in [4.69, 9.17) is 4.74 Å². The van der Waals surface area contributed by atoms with Gasteiger partial charge in [-0.15, -0.1) is 0 Å². The molecular weight excluding hydrogens is 196 g/mol. The van der Waals surface area contributed by atoms with Crippen molar-refractivity contribution in [3.05, 3.63) is 35.4 Å². The highest BCUT2D eigenvalue weighted by Gasteiger charge is 2.02. The predicted octanol–water partition coefficient (Wildman–Crippen LogP) is 4.17. The Hall–Kier alpha value is -0.820. The zero-order valence-electron chi connectivity index (χ0n) is 10.8. The summed E-state index contributed by atoms with van der Waals surface area (Å²) in [5, 5.41) is 0. The summed E-state index contributed by atoms with van der Waals surface area (Å²) in [5.41, 5.74) is 2.82. The summed E-state index contributed by atoms with van der Waals surface area (Å²) >= 11 is 0. The van der Waals surface area contributed by atoms with Crippen LogP contribution in [0.4, 0.5) is 0 Å². The van der Waals surface area contributed by atoms with E-state index in [0.717, 1.165) is 26.1 Å². The lowest BCUT2D eigenvalue weighted by atomic mass is 9.97. The van der Waals surface area contributed by atoms with Crippen molar-refractivity contribution < 1.29 is 4.74 Å². The predicted molar refractivity (Wildman–Crippen MR) is 70.0 cm³/mol. The van der Waals surface area contributed by atoms with Gasteiger partial charge in [-0.05, 0) is 36.3 Å². The van der Waals surface area contributed by atoms with Crippen molar-refractivity contribution in [2.75, 3.05) is 13.2 Å². The van der Waals surface area contributed by atoms with E-state index in [9.17, 15) is 0 Å². The molecule has 1 unspecified atom stereocenters. The van der Waals surface area contributed by atoms with Crippen molar-refractivity contribution >= 4 is 0 Å². The standard InChI is InChI=1S/C15H24O/c1-4-11-16-12-10-14-6-8-15(9-7-14)13(3)5-2/h6-9,13H,4-5,10-12H2,1-3H3. The molecular formula is C15H24O. The average molecular weight is 220 g/mol. The fraction of sp³-hybridized carbons (Fsp3) is 0.600. The first-order valence-electron chi connectivity index (χ1n) is 6.44. The molecule has 0 bridgehead atoms. The highest BCUT2D eigenvalue weighted by molar-refractivity contribution is 5.25. The molecule has 0 aliphatic rings. The number of rotatable bonds is 7. The van der Waals surface area contributed by atoms with Crippen LogP contribution in [0.3, 0.4) is 0 Å². The largest absolute Gasteiger partial charge is 0.381 e. The molecule has 16 heavy (non-hydrogen) atoms. The van der Waals surface area contributed by atoms with Gasteiger partial charge in [-0.25, -0.2) is 0 Å². The molecule has 0 saturated heterocycles. The highest BCUT2D eigenvalue weighted by Crippen LogP contribution is 2.18. The maximum atomic E-state index is 5.49. The van der Waals surface area contributed by atoms with Crippen LogP contribution in [-0.4, -0.2) is 13.2 Å². The van der Waals surface area contributed by atoms with Crippen LogP contribution in [0.15, 0.2) is 24.3 Å². The van der Waals surface area contributed by atoms with Crippen molar-refractivity contribution in [1.82, 2.24) is 0 Å². The van der Waals surface area contributed by atoms with E-state index in [-0.39, 0.29) is 0 Å². The third-order valence-corrected chi connectivity index (χ3v) is 3.04. The fourth-order valence-electron chi connectivity index (χ4n) is 1.68. The topological polar surface area (TPSA) is 9.23 Å². The van der Waals surface area contributed by atoms with E-state index in [2.05, 4.69) is 45.0 Å². The maximum absolute atomic E-state index is 5.49. The van der Waals surface area contributed by atoms with Gasteiger partial charge in [0.25, 0.3) is 0 Å². The zero-order chi connectivity index (χ0) is 11.8. The molecule has 0 spiro atoms. The second kappa shape index (κ2) is 7.45. The Morgan fingerprint density at radius 2 is 1.75 bits per heavy atom. The normalized spacial score (nSPS) is 12.7. The second-order valence-electron chi connectivity index (χ2n) is 4.41.